The van der Waals surface area contributed by atoms with Crippen LogP contribution in [0.1, 0.15) is 12.1 Å². The number of benzene rings is 1. The average molecular weight is 224 g/mol. The highest BCUT2D eigenvalue weighted by atomic mass is 35.5. The van der Waals surface area contributed by atoms with E-state index in [1.165, 1.54) is 0 Å². The molecule has 0 atom stereocenters. The lowest BCUT2D eigenvalue weighted by Crippen LogP contribution is -2.07. The Kier molecular flexibility index (Phi) is 2.93. The molecule has 0 aliphatic carbocycles. The molecule has 80 valence electrons. The van der Waals surface area contributed by atoms with Crippen LogP contribution in [0.25, 0.3) is 10.9 Å². The molecule has 1 heterocycles. The smallest absolute Gasteiger partial charge is 0.111 e. The first-order valence-corrected chi connectivity index (χ1v) is 5.43. The first kappa shape index (κ1) is 10.5. The Morgan fingerprint density at radius 1 is 1.47 bits per heavy atom. The molecule has 1 aromatic heterocycles. The fourth-order valence-electron chi connectivity index (χ4n) is 1.70. The molecule has 0 radical (unpaired) electrons. The van der Waals surface area contributed by atoms with Crippen molar-refractivity contribution >= 4 is 22.5 Å². The van der Waals surface area contributed by atoms with Crippen molar-refractivity contribution in [2.75, 3.05) is 6.54 Å². The molecular weight excluding hydrogens is 210 g/mol. The van der Waals surface area contributed by atoms with Crippen LogP contribution in [-0.2, 0) is 6.54 Å². The highest BCUT2D eigenvalue weighted by Gasteiger charge is 2.08. The maximum atomic E-state index is 6.08. The third kappa shape index (κ3) is 1.85. The summed E-state index contributed by atoms with van der Waals surface area (Å²) in [6.07, 6.45) is 0.937. The van der Waals surface area contributed by atoms with E-state index in [1.54, 1.807) is 0 Å². The summed E-state index contributed by atoms with van der Waals surface area (Å²) in [5.74, 6) is 0. The van der Waals surface area contributed by atoms with Crippen LogP contribution in [0.15, 0.2) is 18.2 Å². The zero-order chi connectivity index (χ0) is 10.8. The fraction of sp³-hybridized carbons (Fsp3) is 0.364. The number of aryl methyl sites for hydroxylation is 2. The summed E-state index contributed by atoms with van der Waals surface area (Å²) in [4.78, 5) is 0. The monoisotopic (exact) mass is 223 g/mol. The van der Waals surface area contributed by atoms with Gasteiger partial charge >= 0.3 is 0 Å². The minimum Gasteiger partial charge on any atom is -0.330 e. The van der Waals surface area contributed by atoms with Crippen LogP contribution < -0.4 is 5.73 Å². The highest BCUT2D eigenvalue weighted by Crippen LogP contribution is 2.24. The van der Waals surface area contributed by atoms with Crippen molar-refractivity contribution in [1.82, 2.24) is 9.78 Å². The Morgan fingerprint density at radius 3 is 2.93 bits per heavy atom. The van der Waals surface area contributed by atoms with Crippen molar-refractivity contribution in [3.05, 3.63) is 28.9 Å². The second-order valence-corrected chi connectivity index (χ2v) is 3.99. The van der Waals surface area contributed by atoms with E-state index in [0.717, 1.165) is 29.6 Å². The molecule has 0 aliphatic rings. The van der Waals surface area contributed by atoms with E-state index in [2.05, 4.69) is 12.0 Å². The van der Waals surface area contributed by atoms with E-state index in [1.807, 2.05) is 22.9 Å². The summed E-state index contributed by atoms with van der Waals surface area (Å²) in [5.41, 5.74) is 7.52. The van der Waals surface area contributed by atoms with E-state index in [0.29, 0.717) is 11.6 Å². The minimum atomic E-state index is 0.684. The first-order chi connectivity index (χ1) is 7.24. The van der Waals surface area contributed by atoms with Crippen molar-refractivity contribution in [1.29, 1.82) is 0 Å². The molecule has 0 fully saturated rings. The molecular formula is C11H14ClN3. The van der Waals surface area contributed by atoms with E-state index in [4.69, 9.17) is 17.3 Å². The van der Waals surface area contributed by atoms with Crippen molar-refractivity contribution < 1.29 is 0 Å². The summed E-state index contributed by atoms with van der Waals surface area (Å²) in [6, 6.07) is 5.86. The van der Waals surface area contributed by atoms with Gasteiger partial charge in [-0.15, -0.1) is 0 Å². The molecule has 2 rings (SSSR count). The molecule has 1 aromatic carbocycles. The third-order valence-corrected chi connectivity index (χ3v) is 2.86. The zero-order valence-electron chi connectivity index (χ0n) is 8.70. The molecule has 2 aromatic rings. The van der Waals surface area contributed by atoms with Crippen LogP contribution in [0.3, 0.4) is 0 Å². The van der Waals surface area contributed by atoms with Gasteiger partial charge < -0.3 is 5.73 Å². The van der Waals surface area contributed by atoms with Gasteiger partial charge in [-0.3, -0.25) is 4.68 Å². The Labute approximate surface area is 93.8 Å². The predicted molar refractivity (Wildman–Crippen MR) is 63.2 cm³/mol. The Balaban J connectivity index is 2.49. The lowest BCUT2D eigenvalue weighted by atomic mass is 10.2. The van der Waals surface area contributed by atoms with Gasteiger partial charge in [-0.2, -0.15) is 5.10 Å². The van der Waals surface area contributed by atoms with Gasteiger partial charge in [-0.25, -0.2) is 0 Å². The van der Waals surface area contributed by atoms with Gasteiger partial charge in [-0.1, -0.05) is 23.7 Å². The zero-order valence-corrected chi connectivity index (χ0v) is 9.46. The van der Waals surface area contributed by atoms with Gasteiger partial charge in [0.15, 0.2) is 0 Å². The number of fused-ring (bicyclic) bond motifs is 1. The predicted octanol–water partition coefficient (Wildman–Crippen LogP) is 2.35. The topological polar surface area (TPSA) is 43.8 Å². The molecule has 3 nitrogen and oxygen atoms in total. The van der Waals surface area contributed by atoms with Gasteiger partial charge in [0.25, 0.3) is 0 Å². The number of hydrogen-bond donors (Lipinski definition) is 1. The summed E-state index contributed by atoms with van der Waals surface area (Å²) in [5, 5.41) is 6.31. The number of nitrogens with zero attached hydrogens (tertiary/aromatic N) is 2. The molecule has 15 heavy (non-hydrogen) atoms. The Hall–Kier alpha value is -1.06. The van der Waals surface area contributed by atoms with Gasteiger partial charge in [-0.05, 0) is 26.0 Å². The molecule has 0 spiro atoms. The summed E-state index contributed by atoms with van der Waals surface area (Å²) in [7, 11) is 0. The molecule has 2 N–H and O–H groups in total. The molecule has 0 saturated carbocycles. The molecule has 0 bridgehead atoms. The summed E-state index contributed by atoms with van der Waals surface area (Å²) < 4.78 is 1.98. The minimum absolute atomic E-state index is 0.684. The van der Waals surface area contributed by atoms with Crippen molar-refractivity contribution in [2.45, 2.75) is 19.9 Å². The quantitative estimate of drug-likeness (QED) is 0.868. The molecule has 0 aliphatic heterocycles. The van der Waals surface area contributed by atoms with Crippen LogP contribution in [0, 0.1) is 6.92 Å². The van der Waals surface area contributed by atoms with Crippen LogP contribution in [0.5, 0.6) is 0 Å². The Bertz CT molecular complexity index is 476. The standard InChI is InChI=1S/C11H14ClN3/c1-8-9-4-2-5-10(12)11(9)14-15(8)7-3-6-13/h2,4-5H,3,6-7,13H2,1H3. The van der Waals surface area contributed by atoms with Crippen LogP contribution in [-0.4, -0.2) is 16.3 Å². The average Bonchev–Trinajstić information content (AvgIpc) is 2.55. The second kappa shape index (κ2) is 4.21. The van der Waals surface area contributed by atoms with E-state index in [9.17, 15) is 0 Å². The lowest BCUT2D eigenvalue weighted by Gasteiger charge is -2.01. The van der Waals surface area contributed by atoms with Crippen molar-refractivity contribution in [3.63, 3.8) is 0 Å². The van der Waals surface area contributed by atoms with E-state index >= 15 is 0 Å². The normalized spacial score (nSPS) is 11.1. The number of rotatable bonds is 3. The van der Waals surface area contributed by atoms with Crippen LogP contribution in [0.4, 0.5) is 0 Å². The van der Waals surface area contributed by atoms with Gasteiger partial charge in [0.2, 0.25) is 0 Å². The second-order valence-electron chi connectivity index (χ2n) is 3.59. The van der Waals surface area contributed by atoms with E-state index in [-0.39, 0.29) is 0 Å². The lowest BCUT2D eigenvalue weighted by molar-refractivity contribution is 0.576. The van der Waals surface area contributed by atoms with Crippen molar-refractivity contribution in [2.24, 2.45) is 5.73 Å². The largest absolute Gasteiger partial charge is 0.330 e. The van der Waals surface area contributed by atoms with Crippen molar-refractivity contribution in [3.8, 4) is 0 Å². The Morgan fingerprint density at radius 2 is 2.27 bits per heavy atom. The molecule has 0 amide bonds. The highest BCUT2D eigenvalue weighted by molar-refractivity contribution is 6.35. The summed E-state index contributed by atoms with van der Waals surface area (Å²) in [6.45, 7) is 3.60. The number of aromatic nitrogens is 2. The SMILES string of the molecule is Cc1c2cccc(Cl)c2nn1CCCN. The maximum absolute atomic E-state index is 6.08. The van der Waals surface area contributed by atoms with Gasteiger partial charge in [0.1, 0.15) is 5.52 Å². The molecule has 0 unspecified atom stereocenters. The van der Waals surface area contributed by atoms with Gasteiger partial charge in [0, 0.05) is 17.6 Å². The fourth-order valence-corrected chi connectivity index (χ4v) is 1.91. The van der Waals surface area contributed by atoms with Crippen LogP contribution >= 0.6 is 11.6 Å². The number of halogens is 1. The van der Waals surface area contributed by atoms with Crippen LogP contribution in [0.2, 0.25) is 5.02 Å². The summed E-state index contributed by atoms with van der Waals surface area (Å²) >= 11 is 6.08. The first-order valence-electron chi connectivity index (χ1n) is 5.05. The number of nitrogens with two attached hydrogens (primary N) is 1. The maximum Gasteiger partial charge on any atom is 0.111 e. The molecule has 0 saturated heterocycles. The van der Waals surface area contributed by atoms with Gasteiger partial charge in [0.05, 0.1) is 5.02 Å². The third-order valence-electron chi connectivity index (χ3n) is 2.56. The van der Waals surface area contributed by atoms with E-state index < -0.39 is 0 Å². The number of hydrogen-bond acceptors (Lipinski definition) is 2. The molecule has 4 heteroatoms.